The Kier molecular flexibility index (Phi) is 19.6. The molecule has 1 heterocycles. The number of thiophene rings is 1. The number of aryl methyl sites for hydroxylation is 2. The van der Waals surface area contributed by atoms with Gasteiger partial charge in [-0.3, -0.25) is 19.2 Å². The fourth-order valence-electron chi connectivity index (χ4n) is 3.91. The third kappa shape index (κ3) is 18.0. The van der Waals surface area contributed by atoms with Gasteiger partial charge in [0.1, 0.15) is 0 Å². The summed E-state index contributed by atoms with van der Waals surface area (Å²) in [6.07, 6.45) is 5.71. The number of carbonyl (C=O) groups is 4. The van der Waals surface area contributed by atoms with Crippen molar-refractivity contribution in [1.82, 2.24) is 0 Å². The van der Waals surface area contributed by atoms with E-state index < -0.39 is 5.91 Å². The van der Waals surface area contributed by atoms with Gasteiger partial charge in [-0.25, -0.2) is 0 Å². The highest BCUT2D eigenvalue weighted by molar-refractivity contribution is 7.12. The second-order valence-corrected chi connectivity index (χ2v) is 10.9. The zero-order valence-electron chi connectivity index (χ0n) is 25.7. The van der Waals surface area contributed by atoms with E-state index in [-0.39, 0.29) is 17.7 Å². The van der Waals surface area contributed by atoms with Crippen LogP contribution in [0.1, 0.15) is 64.9 Å². The smallest absolute Gasteiger partial charge is 0.259 e. The molecule has 0 aliphatic heterocycles. The molecular weight excluding hydrogens is 588 g/mol. The normalized spacial score (nSPS) is 9.82. The Bertz CT molecular complexity index is 1460. The first-order valence-electron chi connectivity index (χ1n) is 14.7. The van der Waals surface area contributed by atoms with Gasteiger partial charge < -0.3 is 34.4 Å². The van der Waals surface area contributed by atoms with Gasteiger partial charge >= 0.3 is 0 Å². The number of rotatable bonds is 13. The Morgan fingerprint density at radius 1 is 0.578 bits per heavy atom. The van der Waals surface area contributed by atoms with Crippen molar-refractivity contribution in [1.29, 1.82) is 0 Å². The van der Waals surface area contributed by atoms with E-state index in [0.29, 0.717) is 37.2 Å². The lowest BCUT2D eigenvalue weighted by Gasteiger charge is -2.02. The van der Waals surface area contributed by atoms with Crippen LogP contribution in [-0.2, 0) is 33.8 Å². The van der Waals surface area contributed by atoms with Crippen LogP contribution in [0.2, 0.25) is 0 Å². The van der Waals surface area contributed by atoms with Crippen molar-refractivity contribution < 1.29 is 19.2 Å². The number of unbranched alkanes of at least 4 members (excludes halogenated alkanes) is 2. The van der Waals surface area contributed by atoms with E-state index in [1.165, 1.54) is 22.1 Å². The number of hydrogen-bond acceptors (Lipinski definition) is 7. The van der Waals surface area contributed by atoms with Gasteiger partial charge in [-0.15, -0.1) is 11.3 Å². The van der Waals surface area contributed by atoms with Crippen LogP contribution in [0.15, 0.2) is 84.2 Å². The molecule has 0 fully saturated rings. The predicted octanol–water partition coefficient (Wildman–Crippen LogP) is 3.66. The van der Waals surface area contributed by atoms with Crippen molar-refractivity contribution in [3.05, 3.63) is 106 Å². The number of amides is 4. The molecule has 0 aliphatic carbocycles. The van der Waals surface area contributed by atoms with Crippen LogP contribution in [0.3, 0.4) is 0 Å². The Balaban J connectivity index is 0.000000307. The molecule has 11 heteroatoms. The molecule has 242 valence electrons. The van der Waals surface area contributed by atoms with E-state index in [1.54, 1.807) is 0 Å². The summed E-state index contributed by atoms with van der Waals surface area (Å²) in [6.45, 7) is 1.08. The molecule has 4 amide bonds. The molecule has 10 nitrogen and oxygen atoms in total. The molecule has 0 bridgehead atoms. The lowest BCUT2D eigenvalue weighted by Crippen LogP contribution is -2.12. The summed E-state index contributed by atoms with van der Waals surface area (Å²) in [7, 11) is 0. The Labute approximate surface area is 269 Å². The monoisotopic (exact) mass is 634 g/mol. The SMILES string of the molecule is NC(=O)CCc1ccc2ccccc2c1.NC(=O)CCc1ccccc1.NCCCCCC(N)=O.NCc1ccsc1C(N)=O. The molecule has 12 N–H and O–H groups in total. The van der Waals surface area contributed by atoms with E-state index >= 15 is 0 Å². The number of carbonyl (C=O) groups excluding carboxylic acids is 4. The van der Waals surface area contributed by atoms with Crippen LogP contribution in [-0.4, -0.2) is 30.2 Å². The summed E-state index contributed by atoms with van der Waals surface area (Å²) >= 11 is 1.33. The third-order valence-corrected chi connectivity index (χ3v) is 7.27. The fourth-order valence-corrected chi connectivity index (χ4v) is 4.69. The van der Waals surface area contributed by atoms with Gasteiger partial charge in [0.15, 0.2) is 0 Å². The van der Waals surface area contributed by atoms with Crippen LogP contribution in [0.4, 0.5) is 0 Å². The quantitative estimate of drug-likeness (QED) is 0.120. The molecule has 4 rings (SSSR count). The van der Waals surface area contributed by atoms with Crippen molar-refractivity contribution in [2.45, 2.75) is 57.9 Å². The van der Waals surface area contributed by atoms with Crippen molar-refractivity contribution in [3.63, 3.8) is 0 Å². The molecule has 45 heavy (non-hydrogen) atoms. The van der Waals surface area contributed by atoms with E-state index in [2.05, 4.69) is 24.3 Å². The van der Waals surface area contributed by atoms with Crippen molar-refractivity contribution in [3.8, 4) is 0 Å². The molecule has 0 saturated heterocycles. The minimum Gasteiger partial charge on any atom is -0.370 e. The topological polar surface area (TPSA) is 224 Å². The summed E-state index contributed by atoms with van der Waals surface area (Å²) in [5.74, 6) is -1.10. The average Bonchev–Trinajstić information content (AvgIpc) is 3.52. The van der Waals surface area contributed by atoms with E-state index in [0.717, 1.165) is 48.8 Å². The van der Waals surface area contributed by atoms with E-state index in [1.807, 2.05) is 60.0 Å². The van der Waals surface area contributed by atoms with Crippen molar-refractivity contribution in [2.24, 2.45) is 34.4 Å². The average molecular weight is 635 g/mol. The summed E-state index contributed by atoms with van der Waals surface area (Å²) < 4.78 is 0. The first kappa shape index (κ1) is 38.4. The number of primary amides is 4. The molecule has 3 aromatic carbocycles. The Hall–Kier alpha value is -4.58. The zero-order valence-corrected chi connectivity index (χ0v) is 26.5. The van der Waals surface area contributed by atoms with Crippen LogP contribution in [0.5, 0.6) is 0 Å². The summed E-state index contributed by atoms with van der Waals surface area (Å²) in [5, 5.41) is 4.24. The first-order chi connectivity index (χ1) is 21.6. The van der Waals surface area contributed by atoms with Crippen LogP contribution in [0, 0.1) is 0 Å². The molecule has 0 radical (unpaired) electrons. The fraction of sp³-hybridized carbons (Fsp3) is 0.294. The number of benzene rings is 3. The Morgan fingerprint density at radius 3 is 1.69 bits per heavy atom. The van der Waals surface area contributed by atoms with Gasteiger partial charge in [-0.1, -0.05) is 79.2 Å². The minimum absolute atomic E-state index is 0.216. The maximum Gasteiger partial charge on any atom is 0.259 e. The van der Waals surface area contributed by atoms with Crippen molar-refractivity contribution in [2.75, 3.05) is 6.54 Å². The minimum atomic E-state index is -0.393. The van der Waals surface area contributed by atoms with Gasteiger partial charge in [-0.05, 0) is 71.1 Å². The van der Waals surface area contributed by atoms with E-state index in [4.69, 9.17) is 34.4 Å². The highest BCUT2D eigenvalue weighted by Crippen LogP contribution is 2.16. The van der Waals surface area contributed by atoms with Gasteiger partial charge in [0.05, 0.1) is 4.88 Å². The standard InChI is InChI=1S/C13H13NO.C9H11NO.C6H8N2OS.C6H14N2O/c14-13(15)8-6-10-5-7-11-3-1-2-4-12(11)9-10;10-9(11)7-6-8-4-2-1-3-5-8;7-3-4-1-2-10-5(4)6(8)9;7-5-3-1-2-4-6(8)9/h1-5,7,9H,6,8H2,(H2,14,15);1-5H,6-7H2,(H2,10,11);1-2H,3,7H2,(H2,8,9);1-5,7H2,(H2,8,9). The maximum atomic E-state index is 10.7. The number of hydrogen-bond donors (Lipinski definition) is 6. The van der Waals surface area contributed by atoms with Crippen LogP contribution in [0.25, 0.3) is 10.8 Å². The summed E-state index contributed by atoms with van der Waals surface area (Å²) in [4.78, 5) is 42.4. The molecule has 0 atom stereocenters. The van der Waals surface area contributed by atoms with Crippen LogP contribution >= 0.6 is 11.3 Å². The molecule has 4 aromatic rings. The molecule has 0 spiro atoms. The molecular formula is C34H46N6O4S. The third-order valence-electron chi connectivity index (χ3n) is 6.29. The lowest BCUT2D eigenvalue weighted by molar-refractivity contribution is -0.118. The largest absolute Gasteiger partial charge is 0.370 e. The van der Waals surface area contributed by atoms with Gasteiger partial charge in [0.25, 0.3) is 5.91 Å². The number of nitrogens with two attached hydrogens (primary N) is 6. The summed E-state index contributed by atoms with van der Waals surface area (Å²) in [6, 6.07) is 26.1. The highest BCUT2D eigenvalue weighted by atomic mass is 32.1. The van der Waals surface area contributed by atoms with Gasteiger partial charge in [-0.2, -0.15) is 0 Å². The van der Waals surface area contributed by atoms with E-state index in [9.17, 15) is 19.2 Å². The molecule has 1 aromatic heterocycles. The van der Waals surface area contributed by atoms with Gasteiger partial charge in [0, 0.05) is 25.8 Å². The molecule has 0 unspecified atom stereocenters. The van der Waals surface area contributed by atoms with Gasteiger partial charge in [0.2, 0.25) is 17.7 Å². The second-order valence-electron chi connectivity index (χ2n) is 10.0. The highest BCUT2D eigenvalue weighted by Gasteiger charge is 2.06. The second kappa shape index (κ2) is 22.9. The summed E-state index contributed by atoms with van der Waals surface area (Å²) in [5.41, 5.74) is 33.8. The van der Waals surface area contributed by atoms with Crippen LogP contribution < -0.4 is 34.4 Å². The van der Waals surface area contributed by atoms with Crippen molar-refractivity contribution >= 4 is 45.7 Å². The zero-order chi connectivity index (χ0) is 33.5. The Morgan fingerprint density at radius 2 is 1.16 bits per heavy atom. The lowest BCUT2D eigenvalue weighted by atomic mass is 10.0. The maximum absolute atomic E-state index is 10.7. The molecule has 0 aliphatic rings. The first-order valence-corrected chi connectivity index (χ1v) is 15.6. The number of fused-ring (bicyclic) bond motifs is 1. The molecule has 0 saturated carbocycles. The predicted molar refractivity (Wildman–Crippen MR) is 183 cm³/mol.